The van der Waals surface area contributed by atoms with E-state index in [4.69, 9.17) is 28.3 Å². The minimum Gasteiger partial charge on any atom is -0.465 e. The van der Waals surface area contributed by atoms with Gasteiger partial charge in [0.05, 0.1) is 0 Å². The summed E-state index contributed by atoms with van der Waals surface area (Å²) in [5.41, 5.74) is 2.27. The van der Waals surface area contributed by atoms with Crippen LogP contribution in [0.25, 0.3) is 0 Å². The van der Waals surface area contributed by atoms with E-state index in [2.05, 4.69) is 0 Å². The number of carboxylic acid groups (broad SMARTS) is 1. The molecule has 1 aromatic rings. The molecule has 0 bridgehead atoms. The van der Waals surface area contributed by atoms with Crippen LogP contribution >= 0.6 is 23.2 Å². The molecule has 0 aliphatic heterocycles. The van der Waals surface area contributed by atoms with Gasteiger partial charge in [0, 0.05) is 7.05 Å². The van der Waals surface area contributed by atoms with Crippen molar-refractivity contribution in [2.24, 2.45) is 0 Å². The van der Waals surface area contributed by atoms with E-state index in [1.807, 2.05) is 26.8 Å². The van der Waals surface area contributed by atoms with Crippen LogP contribution in [0.15, 0.2) is 18.2 Å². The lowest BCUT2D eigenvalue weighted by Crippen LogP contribution is -2.41. The summed E-state index contributed by atoms with van der Waals surface area (Å²) in [5, 5.41) is 8.85. The fourth-order valence-corrected chi connectivity index (χ4v) is 2.22. The van der Waals surface area contributed by atoms with Gasteiger partial charge in [0.2, 0.25) is 4.33 Å². The number of nitrogens with zero attached hydrogens (tertiary/aromatic N) is 1. The molecule has 0 fully saturated rings. The van der Waals surface area contributed by atoms with E-state index in [0.717, 1.165) is 18.2 Å². The number of imide groups is 1. The highest BCUT2D eigenvalue weighted by atomic mass is 35.5. The van der Waals surface area contributed by atoms with Gasteiger partial charge < -0.3 is 5.11 Å². The minimum absolute atomic E-state index is 0.241. The Bertz CT molecular complexity index is 541. The number of amides is 2. The monoisotopic (exact) mass is 317 g/mol. The van der Waals surface area contributed by atoms with Gasteiger partial charge in [0.1, 0.15) is 0 Å². The molecule has 2 amide bonds. The molecule has 0 aliphatic carbocycles. The van der Waals surface area contributed by atoms with E-state index in [0.29, 0.717) is 10.5 Å². The number of halogens is 2. The Balaban J connectivity index is 3.27. The fourth-order valence-electron chi connectivity index (χ4n) is 1.75. The molecular weight excluding hydrogens is 301 g/mol. The van der Waals surface area contributed by atoms with E-state index in [-0.39, 0.29) is 5.92 Å². The molecule has 6 heteroatoms. The van der Waals surface area contributed by atoms with E-state index in [1.54, 1.807) is 12.1 Å². The molecule has 0 saturated heterocycles. The number of rotatable bonds is 3. The van der Waals surface area contributed by atoms with Crippen molar-refractivity contribution in [1.29, 1.82) is 0 Å². The zero-order valence-electron chi connectivity index (χ0n) is 11.8. The lowest BCUT2D eigenvalue weighted by Gasteiger charge is -2.24. The van der Waals surface area contributed by atoms with Crippen LogP contribution in [0.2, 0.25) is 0 Å². The van der Waals surface area contributed by atoms with E-state index in [9.17, 15) is 9.59 Å². The van der Waals surface area contributed by atoms with Gasteiger partial charge in [0.15, 0.2) is 0 Å². The second-order valence-electron chi connectivity index (χ2n) is 5.01. The van der Waals surface area contributed by atoms with Crippen molar-refractivity contribution >= 4 is 35.2 Å². The lowest BCUT2D eigenvalue weighted by atomic mass is 9.96. The van der Waals surface area contributed by atoms with Crippen LogP contribution < -0.4 is 0 Å². The lowest BCUT2D eigenvalue weighted by molar-refractivity contribution is -0.128. The van der Waals surface area contributed by atoms with Gasteiger partial charge in [-0.05, 0) is 24.0 Å². The molecule has 110 valence electrons. The van der Waals surface area contributed by atoms with Crippen LogP contribution in [0.3, 0.4) is 0 Å². The Kier molecular flexibility index (Phi) is 5.05. The highest BCUT2D eigenvalue weighted by Gasteiger charge is 2.40. The maximum absolute atomic E-state index is 12.1. The number of likely N-dealkylation sites (N-methyl/N-ethyl adjacent to an activating group) is 1. The van der Waals surface area contributed by atoms with Crippen LogP contribution in [0.1, 0.15) is 36.5 Å². The molecule has 0 atom stereocenters. The number of carbonyl (C=O) groups excluding carboxylic acids is 1. The van der Waals surface area contributed by atoms with Crippen molar-refractivity contribution in [3.05, 3.63) is 34.9 Å². The molecule has 1 N–H and O–H groups in total. The highest BCUT2D eigenvalue weighted by molar-refractivity contribution is 6.57. The van der Waals surface area contributed by atoms with Crippen LogP contribution in [-0.2, 0) is 9.13 Å². The molecule has 0 saturated carbocycles. The second-order valence-corrected chi connectivity index (χ2v) is 6.34. The highest BCUT2D eigenvalue weighted by Crippen LogP contribution is 2.37. The summed E-state index contributed by atoms with van der Waals surface area (Å²) in [6, 6.07) is 5.38. The Morgan fingerprint density at radius 2 is 1.80 bits per heavy atom. The molecule has 0 spiro atoms. The third-order valence-corrected chi connectivity index (χ3v) is 3.75. The van der Waals surface area contributed by atoms with Gasteiger partial charge in [-0.3, -0.25) is 4.79 Å². The summed E-state index contributed by atoms with van der Waals surface area (Å²) >= 11 is 12.2. The molecular formula is C14H17Cl2NO3. The number of aryl methyl sites for hydroxylation is 1. The van der Waals surface area contributed by atoms with Crippen molar-refractivity contribution < 1.29 is 14.7 Å². The average Bonchev–Trinajstić information content (AvgIpc) is 2.35. The second kappa shape index (κ2) is 6.02. The Labute approximate surface area is 128 Å². The molecule has 20 heavy (non-hydrogen) atoms. The molecule has 1 rings (SSSR count). The molecule has 0 aliphatic rings. The first-order valence-corrected chi connectivity index (χ1v) is 6.84. The van der Waals surface area contributed by atoms with E-state index < -0.39 is 16.3 Å². The summed E-state index contributed by atoms with van der Waals surface area (Å²) in [6.07, 6.45) is -1.41. The first-order chi connectivity index (χ1) is 9.07. The third kappa shape index (κ3) is 3.44. The van der Waals surface area contributed by atoms with Gasteiger partial charge in [-0.1, -0.05) is 60.8 Å². The predicted octanol–water partition coefficient (Wildman–Crippen LogP) is 3.89. The third-order valence-electron chi connectivity index (χ3n) is 2.99. The van der Waals surface area contributed by atoms with Crippen molar-refractivity contribution in [2.75, 3.05) is 7.05 Å². The van der Waals surface area contributed by atoms with Gasteiger partial charge >= 0.3 is 6.09 Å². The molecule has 0 aromatic heterocycles. The summed E-state index contributed by atoms with van der Waals surface area (Å²) in [5.74, 6) is -0.654. The van der Waals surface area contributed by atoms with Gasteiger partial charge in [0.25, 0.3) is 5.91 Å². The molecule has 0 heterocycles. The number of carbonyl (C=O) groups is 2. The number of hydrogen-bond donors (Lipinski definition) is 1. The first-order valence-electron chi connectivity index (χ1n) is 6.08. The SMILES string of the molecule is Cc1cc(C(C)C)cc(C(Cl)(Cl)C(=O)N(C)C(=O)O)c1. The van der Waals surface area contributed by atoms with E-state index >= 15 is 0 Å². The Hall–Kier alpha value is -1.26. The van der Waals surface area contributed by atoms with Crippen molar-refractivity contribution in [2.45, 2.75) is 31.0 Å². The van der Waals surface area contributed by atoms with Crippen LogP contribution in [0.5, 0.6) is 0 Å². The van der Waals surface area contributed by atoms with Gasteiger partial charge in [-0.2, -0.15) is 0 Å². The minimum atomic E-state index is -1.93. The van der Waals surface area contributed by atoms with Crippen LogP contribution in [-0.4, -0.2) is 29.1 Å². The van der Waals surface area contributed by atoms with Crippen LogP contribution in [0, 0.1) is 6.92 Å². The zero-order chi connectivity index (χ0) is 15.7. The summed E-state index contributed by atoms with van der Waals surface area (Å²) in [7, 11) is 1.11. The molecule has 4 nitrogen and oxygen atoms in total. The van der Waals surface area contributed by atoms with E-state index in [1.165, 1.54) is 0 Å². The Morgan fingerprint density at radius 3 is 2.25 bits per heavy atom. The molecule has 0 radical (unpaired) electrons. The predicted molar refractivity (Wildman–Crippen MR) is 79.4 cm³/mol. The molecule has 0 unspecified atom stereocenters. The number of hydrogen-bond acceptors (Lipinski definition) is 2. The van der Waals surface area contributed by atoms with Crippen LogP contribution in [0.4, 0.5) is 4.79 Å². The zero-order valence-corrected chi connectivity index (χ0v) is 13.3. The normalized spacial score (nSPS) is 11.6. The van der Waals surface area contributed by atoms with Crippen molar-refractivity contribution in [3.8, 4) is 0 Å². The van der Waals surface area contributed by atoms with Gasteiger partial charge in [-0.15, -0.1) is 0 Å². The maximum atomic E-state index is 12.1. The summed E-state index contributed by atoms with van der Waals surface area (Å²) < 4.78 is -1.93. The number of alkyl halides is 2. The average molecular weight is 318 g/mol. The van der Waals surface area contributed by atoms with Crippen molar-refractivity contribution in [3.63, 3.8) is 0 Å². The maximum Gasteiger partial charge on any atom is 0.413 e. The Morgan fingerprint density at radius 1 is 1.25 bits per heavy atom. The summed E-state index contributed by atoms with van der Waals surface area (Å²) in [4.78, 5) is 23.4. The topological polar surface area (TPSA) is 57.6 Å². The smallest absolute Gasteiger partial charge is 0.413 e. The largest absolute Gasteiger partial charge is 0.465 e. The number of benzene rings is 1. The fraction of sp³-hybridized carbons (Fsp3) is 0.429. The first kappa shape index (κ1) is 16.8. The standard InChI is InChI=1S/C14H17Cl2NO3/c1-8(2)10-5-9(3)6-11(7-10)14(15,16)12(18)17(4)13(19)20/h5-8H,1-4H3,(H,19,20). The quantitative estimate of drug-likeness (QED) is 0.860. The van der Waals surface area contributed by atoms with Crippen molar-refractivity contribution in [1.82, 2.24) is 4.90 Å². The molecule has 1 aromatic carbocycles. The summed E-state index contributed by atoms with van der Waals surface area (Å²) in [6.45, 7) is 5.88. The van der Waals surface area contributed by atoms with Gasteiger partial charge in [-0.25, -0.2) is 9.69 Å².